The van der Waals surface area contributed by atoms with Crippen molar-refractivity contribution in [2.24, 2.45) is 0 Å². The van der Waals surface area contributed by atoms with Gasteiger partial charge in [0, 0.05) is 24.8 Å². The van der Waals surface area contributed by atoms with Gasteiger partial charge < -0.3 is 19.7 Å². The lowest BCUT2D eigenvalue weighted by atomic mass is 9.99. The van der Waals surface area contributed by atoms with Gasteiger partial charge in [-0.25, -0.2) is 0 Å². The molecule has 0 saturated heterocycles. The van der Waals surface area contributed by atoms with Crippen LogP contribution in [0.5, 0.6) is 0 Å². The molecule has 0 aliphatic heterocycles. The topological polar surface area (TPSA) is 127 Å². The Morgan fingerprint density at radius 2 is 1.54 bits per heavy atom. The normalized spacial score (nSPS) is 12.6. The predicted octanol–water partition coefficient (Wildman–Crippen LogP) is 2.13. The molecule has 0 amide bonds. The van der Waals surface area contributed by atoms with E-state index in [-0.39, 0.29) is 38.3 Å². The third kappa shape index (κ3) is 10.4. The van der Waals surface area contributed by atoms with Gasteiger partial charge in [-0.1, -0.05) is 30.3 Å². The first kappa shape index (κ1) is 23.3. The molecule has 2 N–H and O–H groups in total. The highest BCUT2D eigenvalue weighted by Crippen LogP contribution is 2.14. The first-order valence-corrected chi connectivity index (χ1v) is 9.03. The quantitative estimate of drug-likeness (QED) is 0.296. The lowest BCUT2D eigenvalue weighted by Crippen LogP contribution is -2.29. The van der Waals surface area contributed by atoms with Crippen LogP contribution in [0.2, 0.25) is 0 Å². The van der Waals surface area contributed by atoms with Crippen LogP contribution in [0.3, 0.4) is 0 Å². The number of hydrogen-bond donors (Lipinski definition) is 2. The van der Waals surface area contributed by atoms with E-state index in [1.807, 2.05) is 0 Å². The van der Waals surface area contributed by atoms with Crippen molar-refractivity contribution in [3.63, 3.8) is 0 Å². The van der Waals surface area contributed by atoms with Crippen molar-refractivity contribution >= 4 is 23.7 Å². The zero-order chi connectivity index (χ0) is 21.0. The van der Waals surface area contributed by atoms with Gasteiger partial charge in [0.25, 0.3) is 0 Å². The van der Waals surface area contributed by atoms with E-state index >= 15 is 0 Å². The fraction of sp³-hybridized carbons (Fsp3) is 0.500. The van der Waals surface area contributed by atoms with Crippen molar-refractivity contribution in [1.29, 1.82) is 0 Å². The Balaban J connectivity index is 2.11. The highest BCUT2D eigenvalue weighted by atomic mass is 16.5. The number of benzene rings is 1. The van der Waals surface area contributed by atoms with Gasteiger partial charge in [0.15, 0.2) is 12.4 Å². The summed E-state index contributed by atoms with van der Waals surface area (Å²) in [6, 6.07) is 8.51. The van der Waals surface area contributed by atoms with Crippen LogP contribution in [-0.2, 0) is 23.9 Å². The zero-order valence-corrected chi connectivity index (χ0v) is 15.9. The SMILES string of the molecule is CC(O)(CCOC(=O)CCCCC(=O)OCC(=O)c1ccccc1)CC(=O)O. The molecule has 1 unspecified atom stereocenters. The number of carbonyl (C=O) groups excluding carboxylic acids is 3. The number of aliphatic carboxylic acids is 1. The summed E-state index contributed by atoms with van der Waals surface area (Å²) < 4.78 is 9.86. The van der Waals surface area contributed by atoms with Crippen LogP contribution in [0.25, 0.3) is 0 Å². The largest absolute Gasteiger partial charge is 0.481 e. The van der Waals surface area contributed by atoms with Gasteiger partial charge in [-0.15, -0.1) is 0 Å². The molecule has 0 aliphatic rings. The Bertz CT molecular complexity index is 666. The van der Waals surface area contributed by atoms with E-state index in [1.54, 1.807) is 30.3 Å². The molecule has 8 heteroatoms. The zero-order valence-electron chi connectivity index (χ0n) is 15.9. The van der Waals surface area contributed by atoms with Crippen LogP contribution in [0, 0.1) is 0 Å². The van der Waals surface area contributed by atoms with E-state index in [0.29, 0.717) is 18.4 Å². The molecule has 1 atom stereocenters. The van der Waals surface area contributed by atoms with Gasteiger partial charge in [-0.3, -0.25) is 19.2 Å². The number of ketones is 1. The molecule has 0 heterocycles. The maximum absolute atomic E-state index is 11.8. The molecule has 1 rings (SSSR count). The second kappa shape index (κ2) is 11.9. The number of carboxylic acids is 1. The van der Waals surface area contributed by atoms with Gasteiger partial charge in [0.1, 0.15) is 0 Å². The molecule has 0 spiro atoms. The number of Topliss-reactive ketones (excluding diaryl/α,β-unsaturated/α-hetero) is 1. The van der Waals surface area contributed by atoms with Crippen LogP contribution in [0.15, 0.2) is 30.3 Å². The van der Waals surface area contributed by atoms with E-state index in [2.05, 4.69) is 0 Å². The van der Waals surface area contributed by atoms with Crippen LogP contribution in [-0.4, -0.2) is 52.7 Å². The highest BCUT2D eigenvalue weighted by Gasteiger charge is 2.24. The van der Waals surface area contributed by atoms with E-state index in [9.17, 15) is 24.3 Å². The predicted molar refractivity (Wildman–Crippen MR) is 98.7 cm³/mol. The maximum Gasteiger partial charge on any atom is 0.306 e. The lowest BCUT2D eigenvalue weighted by Gasteiger charge is -2.20. The molecule has 0 saturated carbocycles. The summed E-state index contributed by atoms with van der Waals surface area (Å²) in [4.78, 5) is 45.6. The van der Waals surface area contributed by atoms with Crippen LogP contribution in [0.1, 0.15) is 55.8 Å². The van der Waals surface area contributed by atoms with E-state index in [0.717, 1.165) is 0 Å². The lowest BCUT2D eigenvalue weighted by molar-refractivity contribution is -0.147. The molecule has 0 aliphatic carbocycles. The number of unbranched alkanes of at least 4 members (excludes halogenated alkanes) is 1. The molecule has 28 heavy (non-hydrogen) atoms. The second-order valence-corrected chi connectivity index (χ2v) is 6.69. The molecule has 0 fully saturated rings. The molecule has 0 bridgehead atoms. The molecular weight excluding hydrogens is 368 g/mol. The number of hydrogen-bond acceptors (Lipinski definition) is 7. The minimum Gasteiger partial charge on any atom is -0.481 e. The molecule has 8 nitrogen and oxygen atoms in total. The molecule has 154 valence electrons. The number of carbonyl (C=O) groups is 4. The first-order valence-electron chi connectivity index (χ1n) is 9.03. The Morgan fingerprint density at radius 3 is 2.11 bits per heavy atom. The summed E-state index contributed by atoms with van der Waals surface area (Å²) in [5, 5.41) is 18.4. The van der Waals surface area contributed by atoms with Gasteiger partial charge in [-0.2, -0.15) is 0 Å². The van der Waals surface area contributed by atoms with Crippen molar-refractivity contribution in [3.05, 3.63) is 35.9 Å². The number of esters is 2. The Hall–Kier alpha value is -2.74. The summed E-state index contributed by atoms with van der Waals surface area (Å²) in [6.45, 7) is 0.965. The average Bonchev–Trinajstić information content (AvgIpc) is 2.62. The molecular formula is C20H26O8. The smallest absolute Gasteiger partial charge is 0.306 e. The number of rotatable bonds is 13. The highest BCUT2D eigenvalue weighted by molar-refractivity contribution is 5.97. The van der Waals surface area contributed by atoms with Gasteiger partial charge >= 0.3 is 17.9 Å². The van der Waals surface area contributed by atoms with Gasteiger partial charge in [-0.05, 0) is 19.8 Å². The number of ether oxygens (including phenoxy) is 2. The average molecular weight is 394 g/mol. The minimum atomic E-state index is -1.44. The number of aliphatic hydroxyl groups is 1. The monoisotopic (exact) mass is 394 g/mol. The fourth-order valence-corrected chi connectivity index (χ4v) is 2.34. The third-order valence-corrected chi connectivity index (χ3v) is 3.91. The summed E-state index contributed by atoms with van der Waals surface area (Å²) in [6.07, 6.45) is 0.586. The van der Waals surface area contributed by atoms with Crippen molar-refractivity contribution in [1.82, 2.24) is 0 Å². The first-order chi connectivity index (χ1) is 13.2. The van der Waals surface area contributed by atoms with Crippen LogP contribution in [0.4, 0.5) is 0 Å². The summed E-state index contributed by atoms with van der Waals surface area (Å²) in [5.41, 5.74) is -0.965. The standard InChI is InChI=1S/C20H26O8/c1-20(26,13-17(22)23)11-12-27-18(24)9-5-6-10-19(25)28-14-16(21)15-7-3-2-4-8-15/h2-4,7-8,26H,5-6,9-14H2,1H3,(H,22,23). The molecule has 1 aromatic rings. The van der Waals surface area contributed by atoms with Gasteiger partial charge in [0.05, 0.1) is 18.6 Å². The third-order valence-electron chi connectivity index (χ3n) is 3.91. The van der Waals surface area contributed by atoms with Crippen molar-refractivity contribution < 1.29 is 38.9 Å². The summed E-state index contributed by atoms with van der Waals surface area (Å²) >= 11 is 0. The fourth-order valence-electron chi connectivity index (χ4n) is 2.34. The van der Waals surface area contributed by atoms with Crippen LogP contribution >= 0.6 is 0 Å². The molecule has 0 radical (unpaired) electrons. The Labute approximate surface area is 163 Å². The number of carboxylic acid groups (broad SMARTS) is 1. The van der Waals surface area contributed by atoms with E-state index in [1.165, 1.54) is 6.92 Å². The maximum atomic E-state index is 11.8. The van der Waals surface area contributed by atoms with E-state index < -0.39 is 29.9 Å². The second-order valence-electron chi connectivity index (χ2n) is 6.69. The van der Waals surface area contributed by atoms with Crippen molar-refractivity contribution in [3.8, 4) is 0 Å². The van der Waals surface area contributed by atoms with Crippen molar-refractivity contribution in [2.45, 2.75) is 51.0 Å². The minimum absolute atomic E-state index is 0.0206. The van der Waals surface area contributed by atoms with E-state index in [4.69, 9.17) is 14.6 Å². The van der Waals surface area contributed by atoms with Gasteiger partial charge in [0.2, 0.25) is 0 Å². The summed E-state index contributed by atoms with van der Waals surface area (Å²) in [7, 11) is 0. The van der Waals surface area contributed by atoms with Crippen molar-refractivity contribution in [2.75, 3.05) is 13.2 Å². The Morgan fingerprint density at radius 1 is 0.964 bits per heavy atom. The molecule has 0 aromatic heterocycles. The molecule has 1 aromatic carbocycles. The Kier molecular flexibility index (Phi) is 9.87. The van der Waals surface area contributed by atoms with Crippen LogP contribution < -0.4 is 0 Å². The summed E-state index contributed by atoms with van der Waals surface area (Å²) in [5.74, 6) is -2.41.